The Labute approximate surface area is 117 Å². The monoisotopic (exact) mass is 280 g/mol. The summed E-state index contributed by atoms with van der Waals surface area (Å²) in [5.74, 6) is -0.268. The topological polar surface area (TPSA) is 63.4 Å². The lowest BCUT2D eigenvalue weighted by Gasteiger charge is -2.26. The van der Waals surface area contributed by atoms with E-state index in [2.05, 4.69) is 0 Å². The fraction of sp³-hybridized carbons (Fsp3) is 0.429. The van der Waals surface area contributed by atoms with E-state index in [1.54, 1.807) is 18.2 Å². The van der Waals surface area contributed by atoms with E-state index < -0.39 is 5.41 Å². The maximum Gasteiger partial charge on any atom is 0.240 e. The highest BCUT2D eigenvalue weighted by molar-refractivity contribution is 6.33. The number of carbonyl (C=O) groups excluding carboxylic acids is 2. The molecule has 0 saturated carbocycles. The Morgan fingerprint density at radius 2 is 2.00 bits per heavy atom. The third-order valence-corrected chi connectivity index (χ3v) is 4.32. The number of rotatable bonds is 2. The van der Waals surface area contributed by atoms with E-state index in [1.807, 2.05) is 20.8 Å². The van der Waals surface area contributed by atoms with E-state index in [0.29, 0.717) is 16.4 Å². The van der Waals surface area contributed by atoms with Crippen molar-refractivity contribution in [2.45, 2.75) is 27.2 Å². The van der Waals surface area contributed by atoms with Gasteiger partial charge in [0.2, 0.25) is 11.8 Å². The summed E-state index contributed by atoms with van der Waals surface area (Å²) in [5, 5.41) is 0.412. The van der Waals surface area contributed by atoms with Crippen LogP contribution in [0.1, 0.15) is 27.2 Å². The van der Waals surface area contributed by atoms with Crippen molar-refractivity contribution in [3.63, 3.8) is 0 Å². The van der Waals surface area contributed by atoms with Gasteiger partial charge in [0.1, 0.15) is 0 Å². The zero-order chi connectivity index (χ0) is 14.4. The van der Waals surface area contributed by atoms with Gasteiger partial charge in [-0.05, 0) is 31.0 Å². The highest BCUT2D eigenvalue weighted by atomic mass is 35.5. The molecule has 1 saturated heterocycles. The van der Waals surface area contributed by atoms with Gasteiger partial charge in [-0.1, -0.05) is 25.4 Å². The standard InChI is InChI=1S/C14H17ClN2O2/c1-8(2)14(3)7-12(18)17(13(14)19)9-4-5-10(15)11(16)6-9/h4-6,8H,7,16H2,1-3H3. The van der Waals surface area contributed by atoms with Crippen LogP contribution in [0.4, 0.5) is 11.4 Å². The number of hydrogen-bond acceptors (Lipinski definition) is 3. The largest absolute Gasteiger partial charge is 0.397 e. The molecule has 1 aromatic carbocycles. The number of halogens is 1. The van der Waals surface area contributed by atoms with Crippen molar-refractivity contribution in [3.05, 3.63) is 23.2 Å². The van der Waals surface area contributed by atoms with Crippen LogP contribution in [0, 0.1) is 11.3 Å². The molecule has 0 aromatic heterocycles. The average Bonchev–Trinajstić information content (AvgIpc) is 2.55. The molecule has 1 unspecified atom stereocenters. The van der Waals surface area contributed by atoms with Crippen LogP contribution in [-0.2, 0) is 9.59 Å². The molecule has 0 bridgehead atoms. The van der Waals surface area contributed by atoms with Crippen molar-refractivity contribution in [1.29, 1.82) is 0 Å². The fourth-order valence-corrected chi connectivity index (χ4v) is 2.34. The van der Waals surface area contributed by atoms with Gasteiger partial charge >= 0.3 is 0 Å². The van der Waals surface area contributed by atoms with E-state index in [-0.39, 0.29) is 24.2 Å². The van der Waals surface area contributed by atoms with Gasteiger partial charge in [-0.2, -0.15) is 0 Å². The number of nitrogens with two attached hydrogens (primary N) is 1. The number of imide groups is 1. The Morgan fingerprint density at radius 3 is 2.47 bits per heavy atom. The predicted octanol–water partition coefficient (Wildman–Crippen LogP) is 2.85. The minimum atomic E-state index is -0.647. The first-order valence-electron chi connectivity index (χ1n) is 6.20. The third kappa shape index (κ3) is 2.10. The fourth-order valence-electron chi connectivity index (χ4n) is 2.22. The normalized spacial score (nSPS) is 23.5. The van der Waals surface area contributed by atoms with Crippen molar-refractivity contribution in [2.24, 2.45) is 11.3 Å². The van der Waals surface area contributed by atoms with Crippen LogP contribution in [0.3, 0.4) is 0 Å². The zero-order valence-electron chi connectivity index (χ0n) is 11.2. The maximum atomic E-state index is 12.5. The maximum absolute atomic E-state index is 12.5. The summed E-state index contributed by atoms with van der Waals surface area (Å²) >= 11 is 5.85. The van der Waals surface area contributed by atoms with Crippen molar-refractivity contribution in [3.8, 4) is 0 Å². The van der Waals surface area contributed by atoms with Crippen LogP contribution in [0.15, 0.2) is 18.2 Å². The summed E-state index contributed by atoms with van der Waals surface area (Å²) < 4.78 is 0. The van der Waals surface area contributed by atoms with E-state index in [4.69, 9.17) is 17.3 Å². The van der Waals surface area contributed by atoms with Crippen LogP contribution in [-0.4, -0.2) is 11.8 Å². The van der Waals surface area contributed by atoms with Crippen molar-refractivity contribution in [1.82, 2.24) is 0 Å². The molecular formula is C14H17ClN2O2. The molecule has 2 amide bonds. The van der Waals surface area contributed by atoms with Crippen molar-refractivity contribution >= 4 is 34.8 Å². The van der Waals surface area contributed by atoms with E-state index >= 15 is 0 Å². The average molecular weight is 281 g/mol. The molecule has 0 radical (unpaired) electrons. The van der Waals surface area contributed by atoms with Gasteiger partial charge in [0.15, 0.2) is 0 Å². The van der Waals surface area contributed by atoms with Crippen LogP contribution in [0.2, 0.25) is 5.02 Å². The molecule has 1 aromatic rings. The summed E-state index contributed by atoms with van der Waals surface area (Å²) in [6.07, 6.45) is 0.228. The number of anilines is 2. The van der Waals surface area contributed by atoms with Gasteiger partial charge < -0.3 is 5.73 Å². The number of carbonyl (C=O) groups is 2. The molecule has 1 fully saturated rings. The van der Waals surface area contributed by atoms with E-state index in [0.717, 1.165) is 0 Å². The molecule has 102 valence electrons. The molecule has 1 aliphatic rings. The molecule has 2 N–H and O–H groups in total. The molecule has 1 aliphatic heterocycles. The molecule has 1 atom stereocenters. The first-order chi connectivity index (χ1) is 8.77. The first kappa shape index (κ1) is 13.9. The molecule has 5 heteroatoms. The second-order valence-corrected chi connectivity index (χ2v) is 5.90. The molecule has 19 heavy (non-hydrogen) atoms. The molecular weight excluding hydrogens is 264 g/mol. The van der Waals surface area contributed by atoms with Crippen molar-refractivity contribution < 1.29 is 9.59 Å². The molecule has 1 heterocycles. The van der Waals surface area contributed by atoms with Gasteiger partial charge in [-0.25, -0.2) is 4.90 Å². The lowest BCUT2D eigenvalue weighted by atomic mass is 9.78. The van der Waals surface area contributed by atoms with Gasteiger partial charge in [0, 0.05) is 6.42 Å². The molecule has 4 nitrogen and oxygen atoms in total. The third-order valence-electron chi connectivity index (χ3n) is 3.97. The van der Waals surface area contributed by atoms with Crippen LogP contribution in [0.5, 0.6) is 0 Å². The number of benzene rings is 1. The smallest absolute Gasteiger partial charge is 0.240 e. The van der Waals surface area contributed by atoms with Crippen LogP contribution in [0.25, 0.3) is 0 Å². The Balaban J connectivity index is 2.43. The molecule has 0 spiro atoms. The van der Waals surface area contributed by atoms with Gasteiger partial charge in [-0.15, -0.1) is 0 Å². The summed E-state index contributed by atoms with van der Waals surface area (Å²) in [6, 6.07) is 4.79. The van der Waals surface area contributed by atoms with E-state index in [1.165, 1.54) is 4.90 Å². The second kappa shape index (κ2) is 4.53. The lowest BCUT2D eigenvalue weighted by Crippen LogP contribution is -2.36. The van der Waals surface area contributed by atoms with Gasteiger partial charge in [-0.3, -0.25) is 9.59 Å². The molecule has 0 aliphatic carbocycles. The number of nitrogen functional groups attached to an aromatic ring is 1. The van der Waals surface area contributed by atoms with Gasteiger partial charge in [0.05, 0.1) is 21.8 Å². The van der Waals surface area contributed by atoms with Crippen molar-refractivity contribution in [2.75, 3.05) is 10.6 Å². The highest BCUT2D eigenvalue weighted by Gasteiger charge is 2.50. The summed E-state index contributed by atoms with van der Waals surface area (Å²) in [5.41, 5.74) is 5.92. The number of hydrogen-bond donors (Lipinski definition) is 1. The number of nitrogens with zero attached hydrogens (tertiary/aromatic N) is 1. The summed E-state index contributed by atoms with van der Waals surface area (Å²) in [7, 11) is 0. The lowest BCUT2D eigenvalue weighted by molar-refractivity contribution is -0.126. The first-order valence-corrected chi connectivity index (χ1v) is 6.57. The minimum Gasteiger partial charge on any atom is -0.397 e. The van der Waals surface area contributed by atoms with Gasteiger partial charge in [0.25, 0.3) is 0 Å². The molecule has 2 rings (SSSR count). The quantitative estimate of drug-likeness (QED) is 0.669. The van der Waals surface area contributed by atoms with Crippen LogP contribution < -0.4 is 10.6 Å². The van der Waals surface area contributed by atoms with Crippen LogP contribution >= 0.6 is 11.6 Å². The highest BCUT2D eigenvalue weighted by Crippen LogP contribution is 2.41. The Morgan fingerprint density at radius 1 is 1.37 bits per heavy atom. The Hall–Kier alpha value is -1.55. The summed E-state index contributed by atoms with van der Waals surface area (Å²) in [6.45, 7) is 5.73. The Kier molecular flexibility index (Phi) is 3.31. The minimum absolute atomic E-state index is 0.0959. The Bertz CT molecular complexity index is 556. The number of amides is 2. The van der Waals surface area contributed by atoms with E-state index in [9.17, 15) is 9.59 Å². The SMILES string of the molecule is CC(C)C1(C)CC(=O)N(c2ccc(Cl)c(N)c2)C1=O. The second-order valence-electron chi connectivity index (χ2n) is 5.49. The predicted molar refractivity (Wildman–Crippen MR) is 75.9 cm³/mol. The summed E-state index contributed by atoms with van der Waals surface area (Å²) in [4.78, 5) is 25.9. The zero-order valence-corrected chi connectivity index (χ0v) is 12.0.